The SMILES string of the molecule is CC.Cc1ccc2nc(Cl)[nH]c2c1. The second kappa shape index (κ2) is 4.28. The third-order valence-corrected chi connectivity index (χ3v) is 1.79. The van der Waals surface area contributed by atoms with Crippen LogP contribution in [0, 0.1) is 6.92 Å². The Kier molecular flexibility index (Phi) is 3.32. The van der Waals surface area contributed by atoms with Gasteiger partial charge >= 0.3 is 0 Å². The molecule has 13 heavy (non-hydrogen) atoms. The van der Waals surface area contributed by atoms with E-state index in [9.17, 15) is 0 Å². The van der Waals surface area contributed by atoms with E-state index in [4.69, 9.17) is 11.6 Å². The summed E-state index contributed by atoms with van der Waals surface area (Å²) in [5.74, 6) is 0. The van der Waals surface area contributed by atoms with E-state index in [1.807, 2.05) is 39.0 Å². The van der Waals surface area contributed by atoms with Gasteiger partial charge in [0.2, 0.25) is 5.28 Å². The van der Waals surface area contributed by atoms with Crippen LogP contribution < -0.4 is 0 Å². The summed E-state index contributed by atoms with van der Waals surface area (Å²) in [4.78, 5) is 7.02. The van der Waals surface area contributed by atoms with E-state index in [1.54, 1.807) is 0 Å². The van der Waals surface area contributed by atoms with Crippen LogP contribution >= 0.6 is 11.6 Å². The van der Waals surface area contributed by atoms with Gasteiger partial charge in [-0.15, -0.1) is 0 Å². The minimum absolute atomic E-state index is 0.450. The molecule has 0 unspecified atom stereocenters. The molecule has 1 heterocycles. The number of hydrogen-bond acceptors (Lipinski definition) is 1. The molecule has 0 aliphatic heterocycles. The molecule has 1 aromatic heterocycles. The fourth-order valence-electron chi connectivity index (χ4n) is 1.09. The van der Waals surface area contributed by atoms with Gasteiger partial charge in [0.25, 0.3) is 0 Å². The van der Waals surface area contributed by atoms with Gasteiger partial charge in [-0.05, 0) is 36.2 Å². The number of aromatic amines is 1. The lowest BCUT2D eigenvalue weighted by Gasteiger charge is -1.89. The highest BCUT2D eigenvalue weighted by Crippen LogP contribution is 2.15. The Morgan fingerprint density at radius 2 is 2.00 bits per heavy atom. The minimum atomic E-state index is 0.450. The van der Waals surface area contributed by atoms with E-state index in [0.717, 1.165) is 11.0 Å². The molecule has 2 nitrogen and oxygen atoms in total. The van der Waals surface area contributed by atoms with Crippen molar-refractivity contribution in [3.63, 3.8) is 0 Å². The molecule has 2 rings (SSSR count). The molecule has 0 radical (unpaired) electrons. The number of fused-ring (bicyclic) bond motifs is 1. The lowest BCUT2D eigenvalue weighted by molar-refractivity contribution is 1.34. The number of benzene rings is 1. The fourth-order valence-corrected chi connectivity index (χ4v) is 1.29. The van der Waals surface area contributed by atoms with Gasteiger partial charge < -0.3 is 4.98 Å². The standard InChI is InChI=1S/C8H7ClN2.C2H6/c1-5-2-3-6-7(4-5)11-8(9)10-6;1-2/h2-4H,1H3,(H,10,11);1-2H3. The van der Waals surface area contributed by atoms with Crippen molar-refractivity contribution in [3.8, 4) is 0 Å². The Morgan fingerprint density at radius 1 is 1.31 bits per heavy atom. The van der Waals surface area contributed by atoms with Crippen LogP contribution in [0.15, 0.2) is 18.2 Å². The second-order valence-electron chi connectivity index (χ2n) is 2.55. The molecule has 0 bridgehead atoms. The Bertz CT molecular complexity index is 393. The van der Waals surface area contributed by atoms with Crippen molar-refractivity contribution in [2.24, 2.45) is 0 Å². The van der Waals surface area contributed by atoms with Crippen LogP contribution in [0.5, 0.6) is 0 Å². The maximum atomic E-state index is 5.67. The highest BCUT2D eigenvalue weighted by molar-refractivity contribution is 6.29. The molecule has 0 amide bonds. The smallest absolute Gasteiger partial charge is 0.201 e. The number of hydrogen-bond donors (Lipinski definition) is 1. The lowest BCUT2D eigenvalue weighted by Crippen LogP contribution is -1.71. The Morgan fingerprint density at radius 3 is 2.69 bits per heavy atom. The van der Waals surface area contributed by atoms with E-state index in [2.05, 4.69) is 9.97 Å². The normalized spacial score (nSPS) is 9.54. The van der Waals surface area contributed by atoms with Crippen LogP contribution in [0.25, 0.3) is 11.0 Å². The predicted octanol–water partition coefficient (Wildman–Crippen LogP) is 3.55. The van der Waals surface area contributed by atoms with Crippen molar-refractivity contribution in [1.82, 2.24) is 9.97 Å². The fraction of sp³-hybridized carbons (Fsp3) is 0.300. The molecule has 70 valence electrons. The van der Waals surface area contributed by atoms with Crippen LogP contribution in [0.4, 0.5) is 0 Å². The second-order valence-corrected chi connectivity index (χ2v) is 2.91. The first-order chi connectivity index (χ1) is 6.25. The van der Waals surface area contributed by atoms with Crippen molar-refractivity contribution in [2.45, 2.75) is 20.8 Å². The van der Waals surface area contributed by atoms with Gasteiger partial charge in [0.15, 0.2) is 0 Å². The topological polar surface area (TPSA) is 28.7 Å². The van der Waals surface area contributed by atoms with Gasteiger partial charge in [0, 0.05) is 0 Å². The summed E-state index contributed by atoms with van der Waals surface area (Å²) in [6, 6.07) is 5.99. The Labute approximate surface area is 82.9 Å². The van der Waals surface area contributed by atoms with E-state index in [1.165, 1.54) is 5.56 Å². The summed E-state index contributed by atoms with van der Waals surface area (Å²) >= 11 is 5.67. The highest BCUT2D eigenvalue weighted by atomic mass is 35.5. The minimum Gasteiger partial charge on any atom is -0.329 e. The third kappa shape index (κ3) is 2.22. The predicted molar refractivity (Wildman–Crippen MR) is 57.2 cm³/mol. The number of nitrogens with zero attached hydrogens (tertiary/aromatic N) is 1. The van der Waals surface area contributed by atoms with Gasteiger partial charge in [0.1, 0.15) is 0 Å². The molecule has 0 aliphatic rings. The number of rotatable bonds is 0. The van der Waals surface area contributed by atoms with Gasteiger partial charge in [-0.1, -0.05) is 19.9 Å². The Hall–Kier alpha value is -1.02. The summed E-state index contributed by atoms with van der Waals surface area (Å²) in [5.41, 5.74) is 3.12. The first-order valence-corrected chi connectivity index (χ1v) is 4.75. The first kappa shape index (κ1) is 10.1. The molecule has 1 N–H and O–H groups in total. The molecular formula is C10H13ClN2. The summed E-state index contributed by atoms with van der Waals surface area (Å²) in [5, 5.41) is 0.450. The largest absolute Gasteiger partial charge is 0.329 e. The zero-order valence-corrected chi connectivity index (χ0v) is 8.81. The molecule has 3 heteroatoms. The summed E-state index contributed by atoms with van der Waals surface area (Å²) < 4.78 is 0. The summed E-state index contributed by atoms with van der Waals surface area (Å²) in [6.45, 7) is 6.04. The van der Waals surface area contributed by atoms with E-state index in [-0.39, 0.29) is 0 Å². The molecule has 0 saturated carbocycles. The van der Waals surface area contributed by atoms with Crippen molar-refractivity contribution in [3.05, 3.63) is 29.0 Å². The molecule has 1 aromatic carbocycles. The quantitative estimate of drug-likeness (QED) is 0.686. The van der Waals surface area contributed by atoms with Crippen LogP contribution in [-0.4, -0.2) is 9.97 Å². The average Bonchev–Trinajstić information content (AvgIpc) is 2.48. The van der Waals surface area contributed by atoms with E-state index in [0.29, 0.717) is 5.28 Å². The summed E-state index contributed by atoms with van der Waals surface area (Å²) in [7, 11) is 0. The zero-order valence-electron chi connectivity index (χ0n) is 8.06. The maximum Gasteiger partial charge on any atom is 0.201 e. The van der Waals surface area contributed by atoms with Crippen LogP contribution in [0.2, 0.25) is 5.28 Å². The molecular weight excluding hydrogens is 184 g/mol. The van der Waals surface area contributed by atoms with Crippen molar-refractivity contribution in [2.75, 3.05) is 0 Å². The molecule has 0 spiro atoms. The van der Waals surface area contributed by atoms with Gasteiger partial charge in [0.05, 0.1) is 11.0 Å². The zero-order chi connectivity index (χ0) is 9.84. The van der Waals surface area contributed by atoms with Crippen molar-refractivity contribution < 1.29 is 0 Å². The molecule has 2 aromatic rings. The van der Waals surface area contributed by atoms with Gasteiger partial charge in [-0.25, -0.2) is 4.98 Å². The lowest BCUT2D eigenvalue weighted by atomic mass is 10.2. The number of aryl methyl sites for hydroxylation is 1. The monoisotopic (exact) mass is 196 g/mol. The third-order valence-electron chi connectivity index (χ3n) is 1.61. The number of aromatic nitrogens is 2. The van der Waals surface area contributed by atoms with Crippen LogP contribution in [0.3, 0.4) is 0 Å². The molecule has 0 saturated heterocycles. The first-order valence-electron chi connectivity index (χ1n) is 4.37. The molecule has 0 aliphatic carbocycles. The Balaban J connectivity index is 0.000000396. The van der Waals surface area contributed by atoms with Crippen LogP contribution in [0.1, 0.15) is 19.4 Å². The number of imidazole rings is 1. The number of halogens is 1. The van der Waals surface area contributed by atoms with Crippen molar-refractivity contribution >= 4 is 22.6 Å². The highest BCUT2D eigenvalue weighted by Gasteiger charge is 1.98. The summed E-state index contributed by atoms with van der Waals surface area (Å²) in [6.07, 6.45) is 0. The molecule has 0 fully saturated rings. The van der Waals surface area contributed by atoms with Crippen LogP contribution in [-0.2, 0) is 0 Å². The van der Waals surface area contributed by atoms with E-state index >= 15 is 0 Å². The number of nitrogens with one attached hydrogen (secondary N) is 1. The van der Waals surface area contributed by atoms with E-state index < -0.39 is 0 Å². The molecule has 0 atom stereocenters. The van der Waals surface area contributed by atoms with Gasteiger partial charge in [-0.3, -0.25) is 0 Å². The maximum absolute atomic E-state index is 5.67. The average molecular weight is 197 g/mol. The van der Waals surface area contributed by atoms with Crippen molar-refractivity contribution in [1.29, 1.82) is 0 Å². The number of H-pyrrole nitrogens is 1. The van der Waals surface area contributed by atoms with Gasteiger partial charge in [-0.2, -0.15) is 0 Å².